The maximum Gasteiger partial charge on any atom is 0.326 e. The lowest BCUT2D eigenvalue weighted by Crippen LogP contribution is -2.56. The molecule has 140 valence electrons. The van der Waals surface area contributed by atoms with Crippen LogP contribution in [0.25, 0.3) is 0 Å². The minimum atomic E-state index is -1.08. The third-order valence-electron chi connectivity index (χ3n) is 3.53. The lowest BCUT2D eigenvalue weighted by Gasteiger charge is -2.25. The first kappa shape index (κ1) is 22.7. The molecule has 5 N–H and O–H groups in total. The topological polar surface area (TPSA) is 122 Å². The monoisotopic (exact) mass is 361 g/mol. The summed E-state index contributed by atoms with van der Waals surface area (Å²) in [5, 5.41) is 14.4. The third-order valence-corrected chi connectivity index (χ3v) is 4.18. The summed E-state index contributed by atoms with van der Waals surface area (Å²) in [5.74, 6) is -1.27. The van der Waals surface area contributed by atoms with Crippen LogP contribution in [0, 0.1) is 11.8 Å². The van der Waals surface area contributed by atoms with E-state index in [1.54, 1.807) is 13.8 Å². The van der Waals surface area contributed by atoms with Crippen molar-refractivity contribution in [1.82, 2.24) is 10.6 Å². The van der Waals surface area contributed by atoms with Crippen LogP contribution in [0.2, 0.25) is 0 Å². The zero-order chi connectivity index (χ0) is 18.9. The van der Waals surface area contributed by atoms with E-state index in [9.17, 15) is 19.5 Å². The van der Waals surface area contributed by atoms with Gasteiger partial charge >= 0.3 is 5.97 Å². The molecule has 0 aliphatic carbocycles. The first-order chi connectivity index (χ1) is 11.1. The fourth-order valence-corrected chi connectivity index (χ4v) is 2.64. The highest BCUT2D eigenvalue weighted by Crippen LogP contribution is 2.08. The highest BCUT2D eigenvalue weighted by molar-refractivity contribution is 7.98. The van der Waals surface area contributed by atoms with Crippen molar-refractivity contribution in [2.24, 2.45) is 17.6 Å². The summed E-state index contributed by atoms with van der Waals surface area (Å²) in [4.78, 5) is 35.8. The van der Waals surface area contributed by atoms with Gasteiger partial charge in [-0.05, 0) is 36.7 Å². The van der Waals surface area contributed by atoms with Gasteiger partial charge in [-0.15, -0.1) is 0 Å². The van der Waals surface area contributed by atoms with Crippen LogP contribution in [-0.4, -0.2) is 53.0 Å². The molecule has 3 atom stereocenters. The third kappa shape index (κ3) is 8.54. The highest BCUT2D eigenvalue weighted by Gasteiger charge is 2.29. The van der Waals surface area contributed by atoms with Gasteiger partial charge in [0, 0.05) is 0 Å². The summed E-state index contributed by atoms with van der Waals surface area (Å²) in [6.07, 6.45) is 2.71. The first-order valence-corrected chi connectivity index (χ1v) is 9.57. The van der Waals surface area contributed by atoms with Crippen LogP contribution >= 0.6 is 11.8 Å². The van der Waals surface area contributed by atoms with Crippen molar-refractivity contribution >= 4 is 29.5 Å². The van der Waals surface area contributed by atoms with Crippen molar-refractivity contribution in [3.63, 3.8) is 0 Å². The molecule has 7 nitrogen and oxygen atoms in total. The Hall–Kier alpha value is -1.28. The summed E-state index contributed by atoms with van der Waals surface area (Å²) in [5.41, 5.74) is 5.84. The Morgan fingerprint density at radius 3 is 2.08 bits per heavy atom. The minimum Gasteiger partial charge on any atom is -0.480 e. The second-order valence-electron chi connectivity index (χ2n) is 6.65. The second-order valence-corrected chi connectivity index (χ2v) is 7.63. The average molecular weight is 362 g/mol. The molecule has 0 rings (SSSR count). The van der Waals surface area contributed by atoms with Crippen molar-refractivity contribution in [2.45, 2.75) is 58.7 Å². The molecule has 0 aliphatic heterocycles. The molecule has 2 amide bonds. The Kier molecular flexibility index (Phi) is 10.7. The predicted molar refractivity (Wildman–Crippen MR) is 96.8 cm³/mol. The Bertz CT molecular complexity index is 430. The van der Waals surface area contributed by atoms with Crippen LogP contribution in [0.4, 0.5) is 0 Å². The quantitative estimate of drug-likeness (QED) is 0.432. The van der Waals surface area contributed by atoms with Crippen molar-refractivity contribution in [1.29, 1.82) is 0 Å². The van der Waals surface area contributed by atoms with Crippen LogP contribution in [0.15, 0.2) is 0 Å². The van der Waals surface area contributed by atoms with Gasteiger partial charge in [0.1, 0.15) is 12.1 Å². The Morgan fingerprint density at radius 2 is 1.67 bits per heavy atom. The fraction of sp³-hybridized carbons (Fsp3) is 0.812. The molecule has 0 saturated carbocycles. The standard InChI is InChI=1S/C16H31N3O4S/c1-9(2)8-11(17)14(20)19-13(10(3)4)15(21)18-12(16(22)23)6-7-24-5/h9-13H,6-8,17H2,1-5H3,(H,18,21)(H,19,20)(H,22,23)/t11-,12-,13-/m0/s1. The molecule has 0 fully saturated rings. The Morgan fingerprint density at radius 1 is 1.08 bits per heavy atom. The molecule has 0 aromatic rings. The second kappa shape index (κ2) is 11.3. The van der Waals surface area contributed by atoms with E-state index in [4.69, 9.17) is 5.73 Å². The molecule has 0 radical (unpaired) electrons. The van der Waals surface area contributed by atoms with E-state index in [2.05, 4.69) is 10.6 Å². The number of thioether (sulfide) groups is 1. The molecule has 0 spiro atoms. The van der Waals surface area contributed by atoms with E-state index < -0.39 is 35.9 Å². The Balaban J connectivity index is 4.88. The SMILES string of the molecule is CSCC[C@H](NC(=O)[C@@H](NC(=O)[C@@H](N)CC(C)C)C(C)C)C(=O)O. The summed E-state index contributed by atoms with van der Waals surface area (Å²) >= 11 is 1.51. The molecular weight excluding hydrogens is 330 g/mol. The normalized spacial score (nSPS) is 15.0. The van der Waals surface area contributed by atoms with Gasteiger partial charge in [-0.1, -0.05) is 27.7 Å². The predicted octanol–water partition coefficient (Wildman–Crippen LogP) is 0.823. The van der Waals surface area contributed by atoms with Gasteiger partial charge in [-0.3, -0.25) is 9.59 Å². The number of carbonyl (C=O) groups is 3. The van der Waals surface area contributed by atoms with Crippen LogP contribution in [-0.2, 0) is 14.4 Å². The summed E-state index contributed by atoms with van der Waals surface area (Å²) < 4.78 is 0. The van der Waals surface area contributed by atoms with E-state index in [0.29, 0.717) is 18.6 Å². The first-order valence-electron chi connectivity index (χ1n) is 8.18. The van der Waals surface area contributed by atoms with E-state index in [0.717, 1.165) is 0 Å². The van der Waals surface area contributed by atoms with E-state index in [-0.39, 0.29) is 11.8 Å². The van der Waals surface area contributed by atoms with Crippen molar-refractivity contribution in [3.05, 3.63) is 0 Å². The highest BCUT2D eigenvalue weighted by atomic mass is 32.2. The van der Waals surface area contributed by atoms with Gasteiger partial charge in [-0.2, -0.15) is 11.8 Å². The summed E-state index contributed by atoms with van der Waals surface area (Å²) in [6, 6.07) is -2.47. The van der Waals surface area contributed by atoms with Gasteiger partial charge in [-0.25, -0.2) is 4.79 Å². The number of carboxylic acid groups (broad SMARTS) is 1. The molecule has 0 heterocycles. The molecule has 0 aromatic carbocycles. The van der Waals surface area contributed by atoms with Crippen LogP contribution in [0.5, 0.6) is 0 Å². The molecule has 8 heteroatoms. The van der Waals surface area contributed by atoms with Gasteiger partial charge in [0.15, 0.2) is 0 Å². The van der Waals surface area contributed by atoms with Crippen molar-refractivity contribution in [3.8, 4) is 0 Å². The van der Waals surface area contributed by atoms with Crippen molar-refractivity contribution < 1.29 is 19.5 Å². The number of carbonyl (C=O) groups excluding carboxylic acids is 2. The van der Waals surface area contributed by atoms with Gasteiger partial charge in [0.2, 0.25) is 11.8 Å². The summed E-state index contributed by atoms with van der Waals surface area (Å²) in [6.45, 7) is 7.50. The van der Waals surface area contributed by atoms with Crippen LogP contribution in [0.1, 0.15) is 40.5 Å². The number of hydrogen-bond donors (Lipinski definition) is 4. The van der Waals surface area contributed by atoms with E-state index in [1.165, 1.54) is 11.8 Å². The van der Waals surface area contributed by atoms with E-state index in [1.807, 2.05) is 20.1 Å². The number of rotatable bonds is 11. The lowest BCUT2D eigenvalue weighted by molar-refractivity contribution is -0.142. The molecular formula is C16H31N3O4S. The molecule has 0 bridgehead atoms. The number of carboxylic acids is 1. The Labute approximate surface area is 148 Å². The van der Waals surface area contributed by atoms with Gasteiger partial charge in [0.25, 0.3) is 0 Å². The maximum absolute atomic E-state index is 12.4. The van der Waals surface area contributed by atoms with Gasteiger partial charge < -0.3 is 21.5 Å². The number of hydrogen-bond acceptors (Lipinski definition) is 5. The summed E-state index contributed by atoms with van der Waals surface area (Å²) in [7, 11) is 0. The molecule has 0 aliphatic rings. The van der Waals surface area contributed by atoms with Gasteiger partial charge in [0.05, 0.1) is 6.04 Å². The number of nitrogens with one attached hydrogen (secondary N) is 2. The van der Waals surface area contributed by atoms with Crippen LogP contribution < -0.4 is 16.4 Å². The average Bonchev–Trinajstić information content (AvgIpc) is 2.46. The molecule has 0 saturated heterocycles. The molecule has 0 aromatic heterocycles. The van der Waals surface area contributed by atoms with Crippen LogP contribution in [0.3, 0.4) is 0 Å². The largest absolute Gasteiger partial charge is 0.480 e. The number of amides is 2. The number of nitrogens with two attached hydrogens (primary N) is 1. The number of aliphatic carboxylic acids is 1. The van der Waals surface area contributed by atoms with E-state index >= 15 is 0 Å². The fourth-order valence-electron chi connectivity index (χ4n) is 2.16. The maximum atomic E-state index is 12.4. The minimum absolute atomic E-state index is 0.185. The zero-order valence-electron chi connectivity index (χ0n) is 15.2. The lowest BCUT2D eigenvalue weighted by atomic mass is 10.00. The molecule has 0 unspecified atom stereocenters. The van der Waals surface area contributed by atoms with Crippen molar-refractivity contribution in [2.75, 3.05) is 12.0 Å². The molecule has 24 heavy (non-hydrogen) atoms. The smallest absolute Gasteiger partial charge is 0.326 e. The zero-order valence-corrected chi connectivity index (χ0v) is 16.0.